The number of unbranched alkanes of at least 4 members (excludes halogenated alkanes) is 9. The normalized spacial score (nSPS) is 11.4. The Hall–Kier alpha value is -5.27. The summed E-state index contributed by atoms with van der Waals surface area (Å²) >= 11 is 0. The van der Waals surface area contributed by atoms with Gasteiger partial charge < -0.3 is 19.9 Å². The molecule has 0 bridgehead atoms. The number of esters is 3. The van der Waals surface area contributed by atoms with Crippen molar-refractivity contribution in [3.05, 3.63) is 82.4 Å². The smallest absolute Gasteiger partial charge is 0.348 e. The molecule has 2 aromatic carbocycles. The molecule has 1 heterocycles. The van der Waals surface area contributed by atoms with Gasteiger partial charge in [0.1, 0.15) is 11.3 Å². The first-order valence-corrected chi connectivity index (χ1v) is 17.1. The lowest BCUT2D eigenvalue weighted by atomic mass is 10.1. The number of ether oxygens (including phenoxy) is 3. The first-order valence-electron chi connectivity index (χ1n) is 17.1. The van der Waals surface area contributed by atoms with Crippen molar-refractivity contribution < 1.29 is 42.3 Å². The number of nitro benzene ring substituents is 1. The third kappa shape index (κ3) is 12.8. The largest absolute Gasteiger partial charge is 0.463 e. The summed E-state index contributed by atoms with van der Waals surface area (Å²) < 4.78 is 44.4. The van der Waals surface area contributed by atoms with Crippen LogP contribution in [0.4, 0.5) is 20.2 Å². The number of aromatic nitrogens is 2. The fourth-order valence-electron chi connectivity index (χ4n) is 5.15. The average molecular weight is 711 g/mol. The van der Waals surface area contributed by atoms with Gasteiger partial charge in [0, 0.05) is 29.6 Å². The van der Waals surface area contributed by atoms with Crippen LogP contribution in [0.1, 0.15) is 100 Å². The van der Waals surface area contributed by atoms with E-state index in [0.717, 1.165) is 63.5 Å². The Morgan fingerprint density at radius 3 is 2.25 bits per heavy atom. The number of nitrogens with two attached hydrogens (primary N) is 1. The molecular weight excluding hydrogens is 666 g/mol. The Morgan fingerprint density at radius 2 is 1.63 bits per heavy atom. The molecule has 1 aromatic heterocycles. The standard InChI is InChI=1S/C37H44F2N4O8/c1-3-5-16-28(38)36(45)51-30-24-29(40)32(33(39)34(30)43(47)48)37(46)50-27-19-17-25(18-20-27)35-41-22-21-26(42-35)15-13-11-9-7-6-8-10-12-14-23-49-31(44)4-2/h4,17-22,24,28H,2-3,5-16,23,40H2,1H3/t28-/m1/s1. The van der Waals surface area contributed by atoms with E-state index in [1.165, 1.54) is 24.6 Å². The second-order valence-corrected chi connectivity index (χ2v) is 11.9. The van der Waals surface area contributed by atoms with Crippen molar-refractivity contribution in [2.75, 3.05) is 12.3 Å². The molecule has 3 aromatic rings. The number of carbonyl (C=O) groups excluding carboxylic acids is 3. The van der Waals surface area contributed by atoms with Crippen LogP contribution in [0.3, 0.4) is 0 Å². The summed E-state index contributed by atoms with van der Waals surface area (Å²) in [6.45, 7) is 5.59. The molecule has 0 amide bonds. The fraction of sp³-hybridized carbons (Fsp3) is 0.432. The van der Waals surface area contributed by atoms with Gasteiger partial charge >= 0.3 is 23.6 Å². The van der Waals surface area contributed by atoms with E-state index >= 15 is 4.39 Å². The van der Waals surface area contributed by atoms with Gasteiger partial charge in [-0.1, -0.05) is 71.3 Å². The van der Waals surface area contributed by atoms with E-state index in [2.05, 4.69) is 16.5 Å². The predicted molar refractivity (Wildman–Crippen MR) is 186 cm³/mol. The lowest BCUT2D eigenvalue weighted by molar-refractivity contribution is -0.388. The van der Waals surface area contributed by atoms with E-state index < -0.39 is 51.5 Å². The highest BCUT2D eigenvalue weighted by Gasteiger charge is 2.34. The summed E-state index contributed by atoms with van der Waals surface area (Å²) in [5.74, 6) is -5.30. The Labute approximate surface area is 295 Å². The van der Waals surface area contributed by atoms with Crippen LogP contribution in [0.25, 0.3) is 11.4 Å². The second kappa shape index (κ2) is 21.1. The molecule has 14 heteroatoms. The molecule has 0 aliphatic carbocycles. The van der Waals surface area contributed by atoms with Gasteiger partial charge in [0.15, 0.2) is 12.0 Å². The van der Waals surface area contributed by atoms with Gasteiger partial charge in [-0.05, 0) is 56.0 Å². The number of halogens is 2. The Kier molecular flexibility index (Phi) is 16.6. The van der Waals surface area contributed by atoms with E-state index in [1.807, 2.05) is 6.07 Å². The number of aryl methyl sites for hydroxylation is 1. The first kappa shape index (κ1) is 40.2. The molecule has 0 radical (unpaired) electrons. The van der Waals surface area contributed by atoms with Crippen LogP contribution in [0, 0.1) is 15.9 Å². The molecule has 0 aliphatic heterocycles. The van der Waals surface area contributed by atoms with Crippen molar-refractivity contribution in [3.8, 4) is 22.9 Å². The summed E-state index contributed by atoms with van der Waals surface area (Å²) in [6.07, 6.45) is 12.0. The van der Waals surface area contributed by atoms with Crippen LogP contribution < -0.4 is 15.2 Å². The van der Waals surface area contributed by atoms with E-state index in [0.29, 0.717) is 36.9 Å². The van der Waals surface area contributed by atoms with Crippen LogP contribution in [-0.4, -0.2) is 45.6 Å². The topological polar surface area (TPSA) is 174 Å². The molecule has 2 N–H and O–H groups in total. The minimum Gasteiger partial charge on any atom is -0.463 e. The summed E-state index contributed by atoms with van der Waals surface area (Å²) in [7, 11) is 0. The van der Waals surface area contributed by atoms with Crippen molar-refractivity contribution in [2.45, 2.75) is 96.6 Å². The van der Waals surface area contributed by atoms with Crippen LogP contribution >= 0.6 is 0 Å². The number of nitrogens with zero attached hydrogens (tertiary/aromatic N) is 3. The Balaban J connectivity index is 1.51. The Bertz CT molecular complexity index is 1650. The first-order chi connectivity index (χ1) is 24.5. The van der Waals surface area contributed by atoms with Crippen LogP contribution in [-0.2, 0) is 20.7 Å². The summed E-state index contributed by atoms with van der Waals surface area (Å²) in [5.41, 5.74) is 4.44. The molecule has 0 saturated carbocycles. The van der Waals surface area contributed by atoms with Gasteiger partial charge in [-0.3, -0.25) is 10.1 Å². The maximum Gasteiger partial charge on any atom is 0.348 e. The lowest BCUT2D eigenvalue weighted by Gasteiger charge is -2.12. The van der Waals surface area contributed by atoms with E-state index in [4.69, 9.17) is 19.9 Å². The minimum absolute atomic E-state index is 0.0120. The van der Waals surface area contributed by atoms with E-state index in [1.54, 1.807) is 25.3 Å². The Morgan fingerprint density at radius 1 is 0.980 bits per heavy atom. The number of hydrogen-bond acceptors (Lipinski definition) is 11. The molecule has 12 nitrogen and oxygen atoms in total. The third-order valence-electron chi connectivity index (χ3n) is 7.92. The van der Waals surface area contributed by atoms with Gasteiger partial charge in [0.25, 0.3) is 0 Å². The highest BCUT2D eigenvalue weighted by Crippen LogP contribution is 2.37. The second-order valence-electron chi connectivity index (χ2n) is 11.9. The molecule has 0 fully saturated rings. The van der Waals surface area contributed by atoms with Crippen LogP contribution in [0.2, 0.25) is 0 Å². The van der Waals surface area contributed by atoms with Gasteiger partial charge in [-0.15, -0.1) is 0 Å². The van der Waals surface area contributed by atoms with Crippen molar-refractivity contribution in [2.24, 2.45) is 0 Å². The number of nitrogen functional groups attached to an aromatic ring is 1. The highest BCUT2D eigenvalue weighted by molar-refractivity contribution is 5.98. The van der Waals surface area contributed by atoms with E-state index in [9.17, 15) is 28.9 Å². The summed E-state index contributed by atoms with van der Waals surface area (Å²) in [5, 5.41) is 11.6. The van der Waals surface area contributed by atoms with Crippen molar-refractivity contribution >= 4 is 29.3 Å². The van der Waals surface area contributed by atoms with Gasteiger partial charge in [0.05, 0.1) is 17.2 Å². The zero-order valence-corrected chi connectivity index (χ0v) is 28.7. The maximum absolute atomic E-state index is 15.3. The highest BCUT2D eigenvalue weighted by atomic mass is 19.1. The molecule has 1 atom stereocenters. The SMILES string of the molecule is C=CC(=O)OCCCCCCCCCCCc1ccnc(-c2ccc(OC(=O)c3c(N)cc(OC(=O)[C@H](F)CCCC)c([N+](=O)[O-])c3F)cc2)n1. The molecule has 0 unspecified atom stereocenters. The predicted octanol–water partition coefficient (Wildman–Crippen LogP) is 8.21. The zero-order chi connectivity index (χ0) is 37.2. The lowest BCUT2D eigenvalue weighted by Crippen LogP contribution is -2.23. The number of nitro groups is 1. The number of anilines is 1. The third-order valence-corrected chi connectivity index (χ3v) is 7.92. The molecule has 51 heavy (non-hydrogen) atoms. The number of hydrogen-bond donors (Lipinski definition) is 1. The van der Waals surface area contributed by atoms with Crippen molar-refractivity contribution in [3.63, 3.8) is 0 Å². The quantitative estimate of drug-likeness (QED) is 0.0202. The fourth-order valence-corrected chi connectivity index (χ4v) is 5.15. The molecule has 0 aliphatic rings. The van der Waals surface area contributed by atoms with Crippen molar-refractivity contribution in [1.82, 2.24) is 9.97 Å². The van der Waals surface area contributed by atoms with Gasteiger partial charge in [-0.2, -0.15) is 4.39 Å². The minimum atomic E-state index is -2.08. The van der Waals surface area contributed by atoms with Gasteiger partial charge in [0.2, 0.25) is 11.6 Å². The summed E-state index contributed by atoms with van der Waals surface area (Å²) in [6, 6.07) is 8.64. The number of alkyl halides is 1. The molecule has 0 spiro atoms. The van der Waals surface area contributed by atoms with Crippen molar-refractivity contribution in [1.29, 1.82) is 0 Å². The average Bonchev–Trinajstić information content (AvgIpc) is 3.10. The van der Waals surface area contributed by atoms with Crippen LogP contribution in [0.5, 0.6) is 11.5 Å². The van der Waals surface area contributed by atoms with Gasteiger partial charge in [-0.25, -0.2) is 28.7 Å². The number of rotatable bonds is 22. The maximum atomic E-state index is 15.3. The summed E-state index contributed by atoms with van der Waals surface area (Å²) in [4.78, 5) is 55.4. The number of carbonyl (C=O) groups is 3. The number of benzene rings is 2. The molecule has 3 rings (SSSR count). The molecular formula is C37H44F2N4O8. The zero-order valence-electron chi connectivity index (χ0n) is 28.7. The molecule has 0 saturated heterocycles. The molecule has 274 valence electrons. The van der Waals surface area contributed by atoms with Crippen LogP contribution in [0.15, 0.2) is 55.3 Å². The van der Waals surface area contributed by atoms with E-state index in [-0.39, 0.29) is 18.1 Å². The monoisotopic (exact) mass is 710 g/mol.